The van der Waals surface area contributed by atoms with Gasteiger partial charge in [0.05, 0.1) is 15.4 Å². The van der Waals surface area contributed by atoms with Crippen molar-refractivity contribution in [3.63, 3.8) is 0 Å². The largest absolute Gasteiger partial charge is 1.00 e. The Labute approximate surface area is 137 Å². The number of allylic oxidation sites excluding steroid dienone is 4. The van der Waals surface area contributed by atoms with Crippen LogP contribution in [-0.2, 0) is 14.9 Å². The van der Waals surface area contributed by atoms with E-state index >= 15 is 0 Å². The molecule has 0 N–H and O–H groups in total. The predicted molar refractivity (Wildman–Crippen MR) is 69.0 cm³/mol. The van der Waals surface area contributed by atoms with Gasteiger partial charge in [0.25, 0.3) is 0 Å². The molecule has 1 atom stereocenters. The maximum atomic E-state index is 12.2. The SMILES string of the molecule is CC1=C(C(=O)CC(C)S(=O)(=O)[O-])C(C)(C)CC=C1.[Na+]. The third kappa shape index (κ3) is 4.83. The van der Waals surface area contributed by atoms with E-state index in [0.717, 1.165) is 12.0 Å². The van der Waals surface area contributed by atoms with Gasteiger partial charge in [0, 0.05) is 12.0 Å². The van der Waals surface area contributed by atoms with Gasteiger partial charge in [-0.05, 0) is 31.3 Å². The van der Waals surface area contributed by atoms with E-state index in [4.69, 9.17) is 0 Å². The Morgan fingerprint density at radius 3 is 2.42 bits per heavy atom. The van der Waals surface area contributed by atoms with Gasteiger partial charge < -0.3 is 4.55 Å². The molecule has 1 aliphatic rings. The van der Waals surface area contributed by atoms with Gasteiger partial charge in [-0.3, -0.25) is 4.79 Å². The molecule has 0 spiro atoms. The Hall–Kier alpha value is 0.0600. The first-order valence-corrected chi connectivity index (χ1v) is 7.38. The van der Waals surface area contributed by atoms with Crippen molar-refractivity contribution in [2.45, 2.75) is 45.8 Å². The summed E-state index contributed by atoms with van der Waals surface area (Å²) in [6.45, 7) is 7.01. The Kier molecular flexibility index (Phi) is 6.70. The number of hydrogen-bond donors (Lipinski definition) is 0. The minimum Gasteiger partial charge on any atom is -0.748 e. The van der Waals surface area contributed by atoms with Gasteiger partial charge in [0.2, 0.25) is 0 Å². The first kappa shape index (κ1) is 19.1. The molecule has 0 amide bonds. The molecule has 4 nitrogen and oxygen atoms in total. The first-order valence-electron chi connectivity index (χ1n) is 5.91. The number of carbonyl (C=O) groups excluding carboxylic acids is 1. The van der Waals surface area contributed by atoms with E-state index in [0.29, 0.717) is 5.57 Å². The molecule has 0 saturated heterocycles. The monoisotopic (exact) mass is 294 g/mol. The average Bonchev–Trinajstić information content (AvgIpc) is 2.13. The number of rotatable bonds is 4. The molecule has 1 aliphatic carbocycles. The summed E-state index contributed by atoms with van der Waals surface area (Å²) in [6.07, 6.45) is 4.37. The zero-order valence-corrected chi connectivity index (χ0v) is 15.0. The fourth-order valence-corrected chi connectivity index (χ4v) is 2.67. The quantitative estimate of drug-likeness (QED) is 0.502. The minimum absolute atomic E-state index is 0. The summed E-state index contributed by atoms with van der Waals surface area (Å²) in [7, 11) is -4.40. The van der Waals surface area contributed by atoms with E-state index < -0.39 is 15.4 Å². The van der Waals surface area contributed by atoms with Crippen LogP contribution in [0.25, 0.3) is 0 Å². The van der Waals surface area contributed by atoms with Crippen molar-refractivity contribution < 1.29 is 47.3 Å². The van der Waals surface area contributed by atoms with Gasteiger partial charge in [-0.2, -0.15) is 0 Å². The second kappa shape index (κ2) is 6.68. The van der Waals surface area contributed by atoms with E-state index in [1.807, 2.05) is 32.9 Å². The third-order valence-corrected chi connectivity index (χ3v) is 4.46. The zero-order chi connectivity index (χ0) is 14.1. The molecule has 0 radical (unpaired) electrons. The summed E-state index contributed by atoms with van der Waals surface area (Å²) in [4.78, 5) is 12.2. The van der Waals surface area contributed by atoms with Crippen LogP contribution in [0.2, 0.25) is 0 Å². The van der Waals surface area contributed by atoms with Gasteiger partial charge >= 0.3 is 29.6 Å². The standard InChI is InChI=1S/C13H20O4S.Na/c1-9-6-5-7-13(3,4)12(9)11(14)8-10(2)18(15,16)17;/h5-6,10H,7-8H2,1-4H3,(H,15,16,17);/q;+1/p-1. The van der Waals surface area contributed by atoms with Crippen molar-refractivity contribution in [1.82, 2.24) is 0 Å². The van der Waals surface area contributed by atoms with E-state index in [2.05, 4.69) is 0 Å². The summed E-state index contributed by atoms with van der Waals surface area (Å²) in [5.74, 6) is -0.242. The number of carbonyl (C=O) groups is 1. The van der Waals surface area contributed by atoms with E-state index in [1.165, 1.54) is 6.92 Å². The van der Waals surface area contributed by atoms with Crippen LogP contribution in [0, 0.1) is 5.41 Å². The summed E-state index contributed by atoms with van der Waals surface area (Å²) in [5.41, 5.74) is 1.19. The molecule has 102 valence electrons. The molecule has 0 heterocycles. The topological polar surface area (TPSA) is 74.3 Å². The Balaban J connectivity index is 0.00000324. The fraction of sp³-hybridized carbons (Fsp3) is 0.615. The van der Waals surface area contributed by atoms with Crippen molar-refractivity contribution in [3.8, 4) is 0 Å². The van der Waals surface area contributed by atoms with Crippen molar-refractivity contribution in [2.24, 2.45) is 5.41 Å². The molecule has 0 saturated carbocycles. The van der Waals surface area contributed by atoms with Gasteiger partial charge in [-0.15, -0.1) is 0 Å². The first-order chi connectivity index (χ1) is 8.05. The smallest absolute Gasteiger partial charge is 0.748 e. The molecule has 19 heavy (non-hydrogen) atoms. The maximum absolute atomic E-state index is 12.2. The second-order valence-electron chi connectivity index (χ2n) is 5.48. The van der Waals surface area contributed by atoms with Crippen LogP contribution in [-0.4, -0.2) is 24.0 Å². The molecule has 0 fully saturated rings. The molecule has 1 rings (SSSR count). The van der Waals surface area contributed by atoms with Crippen molar-refractivity contribution in [3.05, 3.63) is 23.3 Å². The van der Waals surface area contributed by atoms with Crippen molar-refractivity contribution >= 4 is 15.9 Å². The van der Waals surface area contributed by atoms with Gasteiger partial charge in [-0.25, -0.2) is 8.42 Å². The molecule has 0 aromatic carbocycles. The summed E-state index contributed by atoms with van der Waals surface area (Å²) in [6, 6.07) is 0. The molecule has 0 aromatic rings. The molecule has 1 unspecified atom stereocenters. The molecule has 6 heteroatoms. The molecule has 0 bridgehead atoms. The van der Waals surface area contributed by atoms with E-state index in [1.54, 1.807) is 0 Å². The van der Waals surface area contributed by atoms with Gasteiger partial charge in [0.15, 0.2) is 5.78 Å². The Bertz CT molecular complexity index is 515. The minimum atomic E-state index is -4.40. The summed E-state index contributed by atoms with van der Waals surface area (Å²) in [5, 5.41) is -1.17. The maximum Gasteiger partial charge on any atom is 1.00 e. The number of ketones is 1. The van der Waals surface area contributed by atoms with Crippen LogP contribution in [0.1, 0.15) is 40.5 Å². The van der Waals surface area contributed by atoms with Crippen LogP contribution in [0.15, 0.2) is 23.3 Å². The average molecular weight is 294 g/mol. The van der Waals surface area contributed by atoms with Crippen molar-refractivity contribution in [1.29, 1.82) is 0 Å². The number of hydrogen-bond acceptors (Lipinski definition) is 4. The molecule has 0 aliphatic heterocycles. The van der Waals surface area contributed by atoms with Crippen LogP contribution in [0.3, 0.4) is 0 Å². The predicted octanol–water partition coefficient (Wildman–Crippen LogP) is -0.814. The molecular formula is C13H19NaO4S. The molecular weight excluding hydrogens is 275 g/mol. The zero-order valence-electron chi connectivity index (χ0n) is 12.2. The van der Waals surface area contributed by atoms with E-state index in [9.17, 15) is 17.8 Å². The molecule has 0 aromatic heterocycles. The van der Waals surface area contributed by atoms with Crippen LogP contribution >= 0.6 is 0 Å². The van der Waals surface area contributed by atoms with Crippen LogP contribution in [0.4, 0.5) is 0 Å². The van der Waals surface area contributed by atoms with Crippen LogP contribution in [0.5, 0.6) is 0 Å². The Morgan fingerprint density at radius 1 is 1.47 bits per heavy atom. The third-order valence-electron chi connectivity index (χ3n) is 3.31. The summed E-state index contributed by atoms with van der Waals surface area (Å²) < 4.78 is 32.6. The number of Topliss-reactive ketones (excluding diaryl/α,β-unsaturated/α-hetero) is 1. The summed E-state index contributed by atoms with van der Waals surface area (Å²) >= 11 is 0. The van der Waals surface area contributed by atoms with Crippen LogP contribution < -0.4 is 29.6 Å². The Morgan fingerprint density at radius 2 is 2.00 bits per heavy atom. The second-order valence-corrected chi connectivity index (χ2v) is 7.27. The fourth-order valence-electron chi connectivity index (χ4n) is 2.31. The van der Waals surface area contributed by atoms with Gasteiger partial charge in [0.1, 0.15) is 0 Å². The van der Waals surface area contributed by atoms with Crippen molar-refractivity contribution in [2.75, 3.05) is 0 Å². The van der Waals surface area contributed by atoms with Gasteiger partial charge in [-0.1, -0.05) is 26.0 Å². The normalized spacial score (nSPS) is 19.8. The van der Waals surface area contributed by atoms with E-state index in [-0.39, 0.29) is 47.2 Å².